The van der Waals surface area contributed by atoms with Gasteiger partial charge in [0.05, 0.1) is 11.2 Å². The van der Waals surface area contributed by atoms with Crippen molar-refractivity contribution in [1.82, 2.24) is 9.78 Å². The second kappa shape index (κ2) is 3.44. The van der Waals surface area contributed by atoms with Crippen molar-refractivity contribution in [2.75, 3.05) is 0 Å². The van der Waals surface area contributed by atoms with Crippen molar-refractivity contribution in [3.05, 3.63) is 29.5 Å². The quantitative estimate of drug-likeness (QED) is 0.606. The minimum Gasteiger partial charge on any atom is -0.475 e. The first-order valence-electron chi connectivity index (χ1n) is 4.72. The van der Waals surface area contributed by atoms with Crippen molar-refractivity contribution in [2.24, 2.45) is 7.05 Å². The summed E-state index contributed by atoms with van der Waals surface area (Å²) in [5, 5.41) is 13.5. The Kier molecular flexibility index (Phi) is 2.23. The Labute approximate surface area is 91.3 Å². The highest BCUT2D eigenvalue weighted by Gasteiger charge is 2.20. The van der Waals surface area contributed by atoms with Crippen molar-refractivity contribution in [2.45, 2.75) is 6.92 Å². The van der Waals surface area contributed by atoms with E-state index in [4.69, 9.17) is 5.11 Å². The molecule has 5 nitrogen and oxygen atoms in total. The highest BCUT2D eigenvalue weighted by Crippen LogP contribution is 2.22. The lowest BCUT2D eigenvalue weighted by Gasteiger charge is -1.99. The molecule has 1 N–H and O–H groups in total. The van der Waals surface area contributed by atoms with Crippen LogP contribution in [-0.4, -0.2) is 26.6 Å². The molecule has 2 rings (SSSR count). The van der Waals surface area contributed by atoms with E-state index in [9.17, 15) is 9.59 Å². The Morgan fingerprint density at radius 3 is 2.69 bits per heavy atom. The van der Waals surface area contributed by atoms with Crippen LogP contribution in [0.25, 0.3) is 10.9 Å². The lowest BCUT2D eigenvalue weighted by atomic mass is 10.0. The first-order chi connectivity index (χ1) is 7.52. The number of aliphatic carboxylic acids is 1. The van der Waals surface area contributed by atoms with Crippen LogP contribution in [0.3, 0.4) is 0 Å². The zero-order valence-corrected chi connectivity index (χ0v) is 8.89. The Morgan fingerprint density at radius 1 is 1.38 bits per heavy atom. The number of hydrogen-bond donors (Lipinski definition) is 1. The van der Waals surface area contributed by atoms with Gasteiger partial charge < -0.3 is 5.11 Å². The predicted octanol–water partition coefficient (Wildman–Crippen LogP) is 1.15. The molecule has 0 saturated carbocycles. The van der Waals surface area contributed by atoms with E-state index in [2.05, 4.69) is 5.10 Å². The number of ketones is 1. The molecule has 5 heteroatoms. The second-order valence-corrected chi connectivity index (χ2v) is 3.54. The summed E-state index contributed by atoms with van der Waals surface area (Å²) in [5.74, 6) is -2.35. The molecule has 16 heavy (non-hydrogen) atoms. The average molecular weight is 218 g/mol. The van der Waals surface area contributed by atoms with E-state index in [-0.39, 0.29) is 5.56 Å². The van der Waals surface area contributed by atoms with Crippen molar-refractivity contribution in [3.63, 3.8) is 0 Å². The molecule has 0 radical (unpaired) electrons. The first-order valence-corrected chi connectivity index (χ1v) is 4.72. The third-order valence-electron chi connectivity index (χ3n) is 2.49. The standard InChI is InChI=1S/C11H10N2O3/c1-6-9-7(10(14)11(15)16)4-3-5-8(9)13(2)12-6/h3-5H,1-2H3,(H,15,16). The van der Waals surface area contributed by atoms with Gasteiger partial charge in [-0.15, -0.1) is 0 Å². The van der Waals surface area contributed by atoms with Crippen molar-refractivity contribution in [3.8, 4) is 0 Å². The van der Waals surface area contributed by atoms with E-state index in [1.54, 1.807) is 30.8 Å². The number of aryl methyl sites for hydroxylation is 2. The molecule has 1 aromatic heterocycles. The highest BCUT2D eigenvalue weighted by molar-refractivity contribution is 6.42. The normalized spacial score (nSPS) is 10.6. The van der Waals surface area contributed by atoms with Gasteiger partial charge in [-0.1, -0.05) is 6.07 Å². The monoisotopic (exact) mass is 218 g/mol. The summed E-state index contributed by atoms with van der Waals surface area (Å²) in [5.41, 5.74) is 1.60. The van der Waals surface area contributed by atoms with Gasteiger partial charge in [0.25, 0.3) is 5.78 Å². The molecule has 0 saturated heterocycles. The lowest BCUT2D eigenvalue weighted by Crippen LogP contribution is -2.13. The molecule has 0 atom stereocenters. The van der Waals surface area contributed by atoms with Crippen LogP contribution < -0.4 is 0 Å². The Morgan fingerprint density at radius 2 is 2.06 bits per heavy atom. The fourth-order valence-corrected chi connectivity index (χ4v) is 1.82. The number of carboxylic acid groups (broad SMARTS) is 1. The summed E-state index contributed by atoms with van der Waals surface area (Å²) in [7, 11) is 1.75. The summed E-state index contributed by atoms with van der Waals surface area (Å²) >= 11 is 0. The molecule has 0 fully saturated rings. The Balaban J connectivity index is 2.80. The van der Waals surface area contributed by atoms with Crippen LogP contribution in [-0.2, 0) is 11.8 Å². The summed E-state index contributed by atoms with van der Waals surface area (Å²) < 4.78 is 1.63. The van der Waals surface area contributed by atoms with Crippen molar-refractivity contribution in [1.29, 1.82) is 0 Å². The summed E-state index contributed by atoms with van der Waals surface area (Å²) in [6.45, 7) is 1.75. The topological polar surface area (TPSA) is 72.2 Å². The summed E-state index contributed by atoms with van der Waals surface area (Å²) in [6, 6.07) is 4.96. The van der Waals surface area contributed by atoms with Gasteiger partial charge in [0.15, 0.2) is 0 Å². The number of carboxylic acids is 1. The maximum atomic E-state index is 11.5. The molecule has 0 aliphatic rings. The molecule has 0 aliphatic carbocycles. The number of rotatable bonds is 2. The van der Waals surface area contributed by atoms with Crippen LogP contribution >= 0.6 is 0 Å². The molecular weight excluding hydrogens is 208 g/mol. The largest absolute Gasteiger partial charge is 0.475 e. The third-order valence-corrected chi connectivity index (χ3v) is 2.49. The van der Waals surface area contributed by atoms with Crippen LogP contribution in [0.1, 0.15) is 16.1 Å². The zero-order valence-electron chi connectivity index (χ0n) is 8.89. The highest BCUT2D eigenvalue weighted by atomic mass is 16.4. The molecular formula is C11H10N2O3. The van der Waals surface area contributed by atoms with Gasteiger partial charge >= 0.3 is 5.97 Å². The van der Waals surface area contributed by atoms with Gasteiger partial charge in [-0.3, -0.25) is 9.48 Å². The molecule has 0 aliphatic heterocycles. The number of nitrogens with zero attached hydrogens (tertiary/aromatic N) is 2. The molecule has 1 heterocycles. The number of benzene rings is 1. The minimum absolute atomic E-state index is 0.190. The molecule has 0 unspecified atom stereocenters. The van der Waals surface area contributed by atoms with Crippen LogP contribution in [0, 0.1) is 6.92 Å². The second-order valence-electron chi connectivity index (χ2n) is 3.54. The number of carbonyl (C=O) groups is 2. The SMILES string of the molecule is Cc1nn(C)c2cccc(C(=O)C(=O)O)c12. The molecule has 2 aromatic rings. The van der Waals surface area contributed by atoms with Crippen molar-refractivity contribution < 1.29 is 14.7 Å². The number of carbonyl (C=O) groups excluding carboxylic acids is 1. The van der Waals surface area contributed by atoms with E-state index in [1.165, 1.54) is 6.07 Å². The molecule has 0 amide bonds. The van der Waals surface area contributed by atoms with E-state index in [0.29, 0.717) is 11.1 Å². The van der Waals surface area contributed by atoms with Crippen LogP contribution in [0.4, 0.5) is 0 Å². The van der Waals surface area contributed by atoms with E-state index < -0.39 is 11.8 Å². The number of hydrogen-bond acceptors (Lipinski definition) is 3. The average Bonchev–Trinajstić information content (AvgIpc) is 2.54. The van der Waals surface area contributed by atoms with Gasteiger partial charge in [-0.2, -0.15) is 5.10 Å². The summed E-state index contributed by atoms with van der Waals surface area (Å²) in [4.78, 5) is 22.2. The minimum atomic E-state index is -1.45. The smallest absolute Gasteiger partial charge is 0.377 e. The molecule has 82 valence electrons. The maximum absolute atomic E-state index is 11.5. The molecule has 0 bridgehead atoms. The van der Waals surface area contributed by atoms with Gasteiger partial charge in [-0.05, 0) is 19.1 Å². The van der Waals surface area contributed by atoms with Crippen LogP contribution in [0.15, 0.2) is 18.2 Å². The number of fused-ring (bicyclic) bond motifs is 1. The fraction of sp³-hybridized carbons (Fsp3) is 0.182. The van der Waals surface area contributed by atoms with Gasteiger partial charge in [0, 0.05) is 18.0 Å². The van der Waals surface area contributed by atoms with E-state index in [0.717, 1.165) is 5.52 Å². The number of aromatic nitrogens is 2. The molecule has 0 spiro atoms. The first kappa shape index (κ1) is 10.4. The van der Waals surface area contributed by atoms with Crippen LogP contribution in [0.5, 0.6) is 0 Å². The van der Waals surface area contributed by atoms with Gasteiger partial charge in [0.2, 0.25) is 0 Å². The van der Waals surface area contributed by atoms with Gasteiger partial charge in [0.1, 0.15) is 0 Å². The Hall–Kier alpha value is -2.17. The fourth-order valence-electron chi connectivity index (χ4n) is 1.82. The van der Waals surface area contributed by atoms with Gasteiger partial charge in [-0.25, -0.2) is 4.79 Å². The van der Waals surface area contributed by atoms with Crippen LogP contribution in [0.2, 0.25) is 0 Å². The predicted molar refractivity (Wildman–Crippen MR) is 57.4 cm³/mol. The van der Waals surface area contributed by atoms with E-state index in [1.807, 2.05) is 0 Å². The zero-order chi connectivity index (χ0) is 11.9. The lowest BCUT2D eigenvalue weighted by molar-refractivity contribution is -0.131. The maximum Gasteiger partial charge on any atom is 0.377 e. The van der Waals surface area contributed by atoms with E-state index >= 15 is 0 Å². The third kappa shape index (κ3) is 1.37. The van der Waals surface area contributed by atoms with Crippen molar-refractivity contribution >= 4 is 22.7 Å². The number of Topliss-reactive ketones (excluding diaryl/α,β-unsaturated/α-hetero) is 1. The molecule has 1 aromatic carbocycles. The summed E-state index contributed by atoms with van der Waals surface area (Å²) in [6.07, 6.45) is 0. The Bertz CT molecular complexity index is 599.